The highest BCUT2D eigenvalue weighted by atomic mass is 16.6. The molecule has 0 unspecified atom stereocenters. The minimum absolute atomic E-state index is 0.0131. The second kappa shape index (κ2) is 10.9. The lowest BCUT2D eigenvalue weighted by molar-refractivity contribution is -0.137. The minimum Gasteiger partial charge on any atom is -0.444 e. The first-order valence-electron chi connectivity index (χ1n) is 10.6. The first-order chi connectivity index (χ1) is 12.6. The number of amides is 2. The van der Waals surface area contributed by atoms with Crippen molar-refractivity contribution in [1.82, 2.24) is 14.7 Å². The second-order valence-electron chi connectivity index (χ2n) is 8.95. The van der Waals surface area contributed by atoms with Gasteiger partial charge in [-0.25, -0.2) is 4.79 Å². The van der Waals surface area contributed by atoms with E-state index in [0.717, 1.165) is 45.6 Å². The van der Waals surface area contributed by atoms with E-state index in [1.807, 2.05) is 25.7 Å². The van der Waals surface area contributed by atoms with E-state index in [1.54, 1.807) is 4.90 Å². The summed E-state index contributed by atoms with van der Waals surface area (Å²) in [4.78, 5) is 31.4. The summed E-state index contributed by atoms with van der Waals surface area (Å²) in [5.41, 5.74) is -0.484. The number of likely N-dealkylation sites (tertiary alicyclic amines) is 1. The van der Waals surface area contributed by atoms with Gasteiger partial charge in [0.05, 0.1) is 0 Å². The fourth-order valence-electron chi connectivity index (χ4n) is 3.43. The molecule has 1 aliphatic heterocycles. The van der Waals surface area contributed by atoms with Gasteiger partial charge < -0.3 is 19.4 Å². The van der Waals surface area contributed by atoms with Gasteiger partial charge in [-0.2, -0.15) is 0 Å². The SMILES string of the molecule is CCN(CC)CCN(CC(C)C)C(=O)C1CCN(C(=O)OC(C)(C)C)CC1. The van der Waals surface area contributed by atoms with Gasteiger partial charge in [-0.3, -0.25) is 4.79 Å². The van der Waals surface area contributed by atoms with E-state index in [4.69, 9.17) is 4.74 Å². The van der Waals surface area contributed by atoms with Crippen LogP contribution in [0.15, 0.2) is 0 Å². The zero-order chi connectivity index (χ0) is 20.6. The largest absolute Gasteiger partial charge is 0.444 e. The lowest BCUT2D eigenvalue weighted by atomic mass is 9.95. The summed E-state index contributed by atoms with van der Waals surface area (Å²) in [5, 5.41) is 0. The summed E-state index contributed by atoms with van der Waals surface area (Å²) in [5.74, 6) is 0.714. The third kappa shape index (κ3) is 8.50. The van der Waals surface area contributed by atoms with Crippen molar-refractivity contribution in [3.63, 3.8) is 0 Å². The van der Waals surface area contributed by atoms with Crippen LogP contribution in [0.2, 0.25) is 0 Å². The average molecular weight is 384 g/mol. The van der Waals surface area contributed by atoms with E-state index >= 15 is 0 Å². The molecule has 1 saturated heterocycles. The molecule has 0 radical (unpaired) electrons. The smallest absolute Gasteiger partial charge is 0.410 e. The molecule has 27 heavy (non-hydrogen) atoms. The summed E-state index contributed by atoms with van der Waals surface area (Å²) in [6, 6.07) is 0. The maximum Gasteiger partial charge on any atom is 0.410 e. The first-order valence-corrected chi connectivity index (χ1v) is 10.6. The summed E-state index contributed by atoms with van der Waals surface area (Å²) in [6.07, 6.45) is 1.17. The number of hydrogen-bond donors (Lipinski definition) is 0. The van der Waals surface area contributed by atoms with Gasteiger partial charge in [-0.15, -0.1) is 0 Å². The molecule has 0 atom stereocenters. The van der Waals surface area contributed by atoms with Gasteiger partial charge in [0.25, 0.3) is 0 Å². The molecule has 1 fully saturated rings. The molecule has 0 aromatic rings. The van der Waals surface area contributed by atoms with Crippen LogP contribution in [0.5, 0.6) is 0 Å². The Hall–Kier alpha value is -1.30. The maximum atomic E-state index is 13.1. The van der Waals surface area contributed by atoms with Crippen molar-refractivity contribution < 1.29 is 14.3 Å². The Morgan fingerprint density at radius 3 is 2.07 bits per heavy atom. The van der Waals surface area contributed by atoms with Crippen LogP contribution in [0.4, 0.5) is 4.79 Å². The number of carbonyl (C=O) groups excluding carboxylic acids is 2. The van der Waals surface area contributed by atoms with Crippen LogP contribution >= 0.6 is 0 Å². The zero-order valence-corrected chi connectivity index (χ0v) is 18.6. The molecule has 0 saturated carbocycles. The first kappa shape index (κ1) is 23.7. The Bertz CT molecular complexity index is 462. The molecule has 0 spiro atoms. The number of piperidine rings is 1. The second-order valence-corrected chi connectivity index (χ2v) is 8.95. The average Bonchev–Trinajstić information content (AvgIpc) is 2.59. The fourth-order valence-corrected chi connectivity index (χ4v) is 3.43. The van der Waals surface area contributed by atoms with Crippen LogP contribution in [-0.2, 0) is 9.53 Å². The van der Waals surface area contributed by atoms with Gasteiger partial charge in [-0.1, -0.05) is 27.7 Å². The number of likely N-dealkylation sites (N-methyl/N-ethyl adjacent to an activating group) is 1. The third-order valence-electron chi connectivity index (χ3n) is 4.97. The van der Waals surface area contributed by atoms with Crippen molar-refractivity contribution in [3.8, 4) is 0 Å². The van der Waals surface area contributed by atoms with Crippen molar-refractivity contribution in [1.29, 1.82) is 0 Å². The monoisotopic (exact) mass is 383 g/mol. The van der Waals surface area contributed by atoms with Gasteiger partial charge in [0, 0.05) is 38.6 Å². The topological polar surface area (TPSA) is 53.1 Å². The molecule has 6 heteroatoms. The molecule has 0 aromatic carbocycles. The molecule has 0 aromatic heterocycles. The standard InChI is InChI=1S/C21H41N3O3/c1-8-22(9-2)14-15-24(16-17(3)4)19(25)18-10-12-23(13-11-18)20(26)27-21(5,6)7/h17-18H,8-16H2,1-7H3. The Balaban J connectivity index is 2.60. The highest BCUT2D eigenvalue weighted by molar-refractivity contribution is 5.79. The van der Waals surface area contributed by atoms with Crippen molar-refractivity contribution in [2.45, 2.75) is 66.9 Å². The summed E-state index contributed by atoms with van der Waals surface area (Å²) in [6.45, 7) is 20.0. The maximum absolute atomic E-state index is 13.1. The van der Waals surface area contributed by atoms with Gasteiger partial charge in [-0.05, 0) is 52.6 Å². The van der Waals surface area contributed by atoms with Crippen molar-refractivity contribution >= 4 is 12.0 Å². The number of ether oxygens (including phenoxy) is 1. The van der Waals surface area contributed by atoms with Gasteiger partial charge >= 0.3 is 6.09 Å². The summed E-state index contributed by atoms with van der Waals surface area (Å²) in [7, 11) is 0. The van der Waals surface area contributed by atoms with E-state index in [2.05, 4.69) is 32.6 Å². The quantitative estimate of drug-likeness (QED) is 0.644. The predicted octanol–water partition coefficient (Wildman–Crippen LogP) is 3.46. The number of rotatable bonds is 8. The van der Waals surface area contributed by atoms with E-state index < -0.39 is 5.60 Å². The molecule has 0 N–H and O–H groups in total. The van der Waals surface area contributed by atoms with Crippen molar-refractivity contribution in [2.24, 2.45) is 11.8 Å². The Labute approximate surface area is 166 Å². The summed E-state index contributed by atoms with van der Waals surface area (Å²) >= 11 is 0. The zero-order valence-electron chi connectivity index (χ0n) is 18.6. The highest BCUT2D eigenvalue weighted by Gasteiger charge is 2.32. The molecule has 1 aliphatic rings. The Morgan fingerprint density at radius 2 is 1.63 bits per heavy atom. The van der Waals surface area contributed by atoms with Crippen LogP contribution in [0.25, 0.3) is 0 Å². The third-order valence-corrected chi connectivity index (χ3v) is 4.97. The normalized spacial score (nSPS) is 16.1. The van der Waals surface area contributed by atoms with Crippen LogP contribution in [0.1, 0.15) is 61.3 Å². The Kier molecular flexibility index (Phi) is 9.57. The van der Waals surface area contributed by atoms with Gasteiger partial charge in [0.1, 0.15) is 5.60 Å². The summed E-state index contributed by atoms with van der Waals surface area (Å²) < 4.78 is 5.45. The molecule has 6 nitrogen and oxygen atoms in total. The van der Waals surface area contributed by atoms with Crippen LogP contribution < -0.4 is 0 Å². The van der Waals surface area contributed by atoms with Crippen LogP contribution in [-0.4, -0.2) is 78.1 Å². The molecular weight excluding hydrogens is 342 g/mol. The fraction of sp³-hybridized carbons (Fsp3) is 0.905. The molecule has 0 aliphatic carbocycles. The van der Waals surface area contributed by atoms with Gasteiger partial charge in [0.15, 0.2) is 0 Å². The Morgan fingerprint density at radius 1 is 1.07 bits per heavy atom. The van der Waals surface area contributed by atoms with Crippen molar-refractivity contribution in [3.05, 3.63) is 0 Å². The van der Waals surface area contributed by atoms with Gasteiger partial charge in [0.2, 0.25) is 5.91 Å². The number of hydrogen-bond acceptors (Lipinski definition) is 4. The van der Waals surface area contributed by atoms with E-state index in [9.17, 15) is 9.59 Å². The van der Waals surface area contributed by atoms with E-state index in [0.29, 0.717) is 19.0 Å². The lowest BCUT2D eigenvalue weighted by Gasteiger charge is -2.36. The highest BCUT2D eigenvalue weighted by Crippen LogP contribution is 2.22. The molecule has 1 heterocycles. The van der Waals surface area contributed by atoms with Crippen molar-refractivity contribution in [2.75, 3.05) is 45.8 Å². The molecule has 1 rings (SSSR count). The van der Waals surface area contributed by atoms with Crippen LogP contribution in [0, 0.1) is 11.8 Å². The lowest BCUT2D eigenvalue weighted by Crippen LogP contribution is -2.48. The number of nitrogens with zero attached hydrogens (tertiary/aromatic N) is 3. The minimum atomic E-state index is -0.484. The number of carbonyl (C=O) groups is 2. The van der Waals surface area contributed by atoms with E-state index in [1.165, 1.54) is 0 Å². The molecular formula is C21H41N3O3. The molecule has 0 bridgehead atoms. The molecule has 2 amide bonds. The van der Waals surface area contributed by atoms with E-state index in [-0.39, 0.29) is 17.9 Å². The molecule has 158 valence electrons. The predicted molar refractivity (Wildman–Crippen MR) is 110 cm³/mol. The van der Waals surface area contributed by atoms with Crippen LogP contribution in [0.3, 0.4) is 0 Å².